The molecule has 1 aromatic rings. The van der Waals surface area contributed by atoms with Crippen molar-refractivity contribution in [2.45, 2.75) is 105 Å². The van der Waals surface area contributed by atoms with Gasteiger partial charge in [0, 0.05) is 11.5 Å². The Labute approximate surface area is 206 Å². The molecule has 4 nitrogen and oxygen atoms in total. The van der Waals surface area contributed by atoms with E-state index in [1.807, 2.05) is 32.9 Å². The average molecular weight is 471 g/mol. The van der Waals surface area contributed by atoms with E-state index in [0.29, 0.717) is 17.4 Å². The molecule has 0 spiro atoms. The Balaban J connectivity index is 1.87. The fourth-order valence-electron chi connectivity index (χ4n) is 5.95. The normalized spacial score (nSPS) is 23.8. The van der Waals surface area contributed by atoms with Crippen LogP contribution in [0, 0.1) is 22.7 Å². The maximum absolute atomic E-state index is 12.4. The van der Waals surface area contributed by atoms with Crippen molar-refractivity contribution < 1.29 is 19.7 Å². The van der Waals surface area contributed by atoms with E-state index in [-0.39, 0.29) is 40.8 Å². The molecule has 34 heavy (non-hydrogen) atoms. The summed E-state index contributed by atoms with van der Waals surface area (Å²) in [5.41, 5.74) is 2.07. The summed E-state index contributed by atoms with van der Waals surface area (Å²) in [6, 6.07) is 3.72. The van der Waals surface area contributed by atoms with Crippen molar-refractivity contribution in [1.82, 2.24) is 0 Å². The van der Waals surface area contributed by atoms with Gasteiger partial charge in [-0.3, -0.25) is 4.79 Å². The smallest absolute Gasteiger partial charge is 0.311 e. The van der Waals surface area contributed by atoms with Crippen molar-refractivity contribution in [2.24, 2.45) is 22.7 Å². The molecule has 0 heterocycles. The molecule has 0 saturated heterocycles. The van der Waals surface area contributed by atoms with Gasteiger partial charge in [0.1, 0.15) is 18.1 Å². The number of allylic oxidation sites excluding steroid dienone is 1. The second kappa shape index (κ2) is 9.59. The summed E-state index contributed by atoms with van der Waals surface area (Å²) in [7, 11) is 0. The van der Waals surface area contributed by atoms with E-state index in [2.05, 4.69) is 40.7 Å². The van der Waals surface area contributed by atoms with Crippen molar-refractivity contribution in [3.05, 3.63) is 34.9 Å². The molecule has 4 heteroatoms. The topological polar surface area (TPSA) is 66.8 Å². The predicted octanol–water partition coefficient (Wildman–Crippen LogP) is 7.62. The third-order valence-electron chi connectivity index (χ3n) is 8.51. The lowest BCUT2D eigenvalue weighted by Crippen LogP contribution is -2.52. The number of phenolic OH excluding ortho intramolecular Hbond substituents is 2. The van der Waals surface area contributed by atoms with Gasteiger partial charge in [-0.05, 0) is 79.5 Å². The standard InChI is InChI=1S/C30H46O4/c1-9-10-11-12-13-29(5,6)20-15-24(31)26(25(32)16-20)21-14-19(18-34-27(33)28(2,3)4)22-17-23(21)30(22,7)8/h14-16,21-23,31-32H,9-13,17-18H2,1-8H3/t21-,22+,23?/m0/s1. The quantitative estimate of drug-likeness (QED) is 0.221. The fraction of sp³-hybridized carbons (Fsp3) is 0.700. The van der Waals surface area contributed by atoms with Gasteiger partial charge in [0.25, 0.3) is 0 Å². The number of ether oxygens (including phenoxy) is 1. The van der Waals surface area contributed by atoms with Gasteiger partial charge in [-0.15, -0.1) is 0 Å². The summed E-state index contributed by atoms with van der Waals surface area (Å²) < 4.78 is 5.67. The molecule has 0 radical (unpaired) electrons. The molecule has 2 bridgehead atoms. The third kappa shape index (κ3) is 5.16. The summed E-state index contributed by atoms with van der Waals surface area (Å²) in [6.45, 7) is 16.9. The predicted molar refractivity (Wildman–Crippen MR) is 138 cm³/mol. The maximum Gasteiger partial charge on any atom is 0.311 e. The van der Waals surface area contributed by atoms with Crippen molar-refractivity contribution >= 4 is 5.97 Å². The summed E-state index contributed by atoms with van der Waals surface area (Å²) in [5, 5.41) is 22.3. The molecule has 1 aromatic carbocycles. The van der Waals surface area contributed by atoms with Crippen LogP contribution in [0.5, 0.6) is 11.5 Å². The first-order chi connectivity index (χ1) is 15.7. The Morgan fingerprint density at radius 1 is 1.06 bits per heavy atom. The largest absolute Gasteiger partial charge is 0.507 e. The highest BCUT2D eigenvalue weighted by Crippen LogP contribution is 2.65. The Morgan fingerprint density at radius 2 is 1.68 bits per heavy atom. The molecule has 190 valence electrons. The summed E-state index contributed by atoms with van der Waals surface area (Å²) in [6.07, 6.45) is 8.96. The molecule has 2 N–H and O–H groups in total. The second-order valence-corrected chi connectivity index (χ2v) is 12.9. The van der Waals surface area contributed by atoms with Crippen LogP contribution >= 0.6 is 0 Å². The van der Waals surface area contributed by atoms with E-state index in [4.69, 9.17) is 4.74 Å². The number of esters is 1. The molecular weight excluding hydrogens is 424 g/mol. The highest BCUT2D eigenvalue weighted by molar-refractivity contribution is 5.75. The SMILES string of the molecule is CCCCCCC(C)(C)c1cc(O)c([C@H]2C=C(COC(=O)C(C)(C)C)[C@H]3CC2C3(C)C)c(O)c1. The van der Waals surface area contributed by atoms with Crippen LogP contribution in [0.4, 0.5) is 0 Å². The van der Waals surface area contributed by atoms with Crippen LogP contribution in [0.2, 0.25) is 0 Å². The van der Waals surface area contributed by atoms with Crippen molar-refractivity contribution in [1.29, 1.82) is 0 Å². The lowest BCUT2D eigenvalue weighted by molar-refractivity contribution is -0.152. The molecule has 3 aliphatic rings. The van der Waals surface area contributed by atoms with E-state index < -0.39 is 5.41 Å². The number of benzene rings is 1. The number of unbranched alkanes of at least 4 members (excludes halogenated alkanes) is 3. The van der Waals surface area contributed by atoms with E-state index in [0.717, 1.165) is 30.4 Å². The lowest BCUT2D eigenvalue weighted by atomic mass is 9.45. The van der Waals surface area contributed by atoms with Gasteiger partial charge in [0.15, 0.2) is 0 Å². The van der Waals surface area contributed by atoms with E-state index in [1.54, 1.807) is 0 Å². The highest BCUT2D eigenvalue weighted by Gasteiger charge is 2.56. The number of phenols is 2. The molecule has 0 aromatic heterocycles. The van der Waals surface area contributed by atoms with E-state index in [1.165, 1.54) is 19.3 Å². The first-order valence-corrected chi connectivity index (χ1v) is 13.1. The molecule has 0 amide bonds. The first kappa shape index (κ1) is 26.6. The number of hydrogen-bond donors (Lipinski definition) is 2. The Hall–Kier alpha value is -1.97. The molecule has 1 saturated carbocycles. The first-order valence-electron chi connectivity index (χ1n) is 13.1. The van der Waals surface area contributed by atoms with Gasteiger partial charge < -0.3 is 14.9 Å². The minimum absolute atomic E-state index is 0.0268. The van der Waals surface area contributed by atoms with Gasteiger partial charge >= 0.3 is 5.97 Å². The minimum Gasteiger partial charge on any atom is -0.507 e. The van der Waals surface area contributed by atoms with Gasteiger partial charge in [-0.2, -0.15) is 0 Å². The van der Waals surface area contributed by atoms with Crippen LogP contribution in [-0.2, 0) is 14.9 Å². The zero-order chi connectivity index (χ0) is 25.5. The fourth-order valence-corrected chi connectivity index (χ4v) is 5.95. The Kier molecular flexibility index (Phi) is 7.51. The van der Waals surface area contributed by atoms with Gasteiger partial charge in [0.2, 0.25) is 0 Å². The zero-order valence-corrected chi connectivity index (χ0v) is 22.6. The van der Waals surface area contributed by atoms with E-state index >= 15 is 0 Å². The van der Waals surface area contributed by atoms with Crippen LogP contribution in [0.3, 0.4) is 0 Å². The lowest BCUT2D eigenvalue weighted by Gasteiger charge is -2.59. The molecular formula is C30H46O4. The molecule has 4 rings (SSSR count). The van der Waals surface area contributed by atoms with E-state index in [9.17, 15) is 15.0 Å². The average Bonchev–Trinajstić information content (AvgIpc) is 2.73. The summed E-state index contributed by atoms with van der Waals surface area (Å²) >= 11 is 0. The number of fused-ring (bicyclic) bond motifs is 1. The van der Waals surface area contributed by atoms with Crippen LogP contribution < -0.4 is 0 Å². The van der Waals surface area contributed by atoms with Crippen LogP contribution in [0.1, 0.15) is 111 Å². The van der Waals surface area contributed by atoms with Crippen molar-refractivity contribution in [2.75, 3.05) is 6.61 Å². The Bertz CT molecular complexity index is 909. The number of hydrogen-bond acceptors (Lipinski definition) is 4. The monoisotopic (exact) mass is 470 g/mol. The number of carbonyl (C=O) groups is 1. The van der Waals surface area contributed by atoms with Gasteiger partial charge in [-0.1, -0.05) is 66.4 Å². The van der Waals surface area contributed by atoms with Crippen LogP contribution in [0.15, 0.2) is 23.8 Å². The summed E-state index contributed by atoms with van der Waals surface area (Å²) in [4.78, 5) is 12.4. The van der Waals surface area contributed by atoms with Gasteiger partial charge in [0.05, 0.1) is 5.41 Å². The molecule has 3 atom stereocenters. The van der Waals surface area contributed by atoms with Crippen LogP contribution in [-0.4, -0.2) is 22.8 Å². The maximum atomic E-state index is 12.4. The molecule has 1 fully saturated rings. The summed E-state index contributed by atoms with van der Waals surface area (Å²) in [5.74, 6) is 0.747. The highest BCUT2D eigenvalue weighted by atomic mass is 16.5. The van der Waals surface area contributed by atoms with Gasteiger partial charge in [-0.25, -0.2) is 0 Å². The van der Waals surface area contributed by atoms with Crippen molar-refractivity contribution in [3.8, 4) is 11.5 Å². The zero-order valence-electron chi connectivity index (χ0n) is 22.6. The molecule has 0 aliphatic heterocycles. The minimum atomic E-state index is -0.540. The number of carbonyl (C=O) groups excluding carboxylic acids is 1. The third-order valence-corrected chi connectivity index (χ3v) is 8.51. The molecule has 3 aliphatic carbocycles. The molecule has 1 unspecified atom stereocenters. The number of rotatable bonds is 9. The Morgan fingerprint density at radius 3 is 2.21 bits per heavy atom. The van der Waals surface area contributed by atoms with Crippen molar-refractivity contribution in [3.63, 3.8) is 0 Å². The van der Waals surface area contributed by atoms with Crippen LogP contribution in [0.25, 0.3) is 0 Å². The second-order valence-electron chi connectivity index (χ2n) is 12.9. The number of aromatic hydroxyl groups is 2.